The van der Waals surface area contributed by atoms with E-state index in [1.54, 1.807) is 12.0 Å². The molecule has 3 atom stereocenters. The fourth-order valence-corrected chi connectivity index (χ4v) is 3.15. The van der Waals surface area contributed by atoms with Crippen LogP contribution in [0.2, 0.25) is 0 Å². The van der Waals surface area contributed by atoms with Crippen molar-refractivity contribution in [2.45, 2.75) is 57.7 Å². The van der Waals surface area contributed by atoms with Gasteiger partial charge in [-0.2, -0.15) is 0 Å². The summed E-state index contributed by atoms with van der Waals surface area (Å²) in [5.74, 6) is 0.963. The lowest BCUT2D eigenvalue weighted by atomic mass is 9.82. The van der Waals surface area contributed by atoms with Gasteiger partial charge in [0, 0.05) is 24.5 Å². The SMILES string of the molecule is COc1ccccc1C1CC(N)CN(C(=O)OC(C)(C)C)C1C. The summed E-state index contributed by atoms with van der Waals surface area (Å²) in [5, 5.41) is 0. The predicted molar refractivity (Wildman–Crippen MR) is 90.7 cm³/mol. The van der Waals surface area contributed by atoms with E-state index in [1.165, 1.54) is 0 Å². The third-order valence-electron chi connectivity index (χ3n) is 4.23. The van der Waals surface area contributed by atoms with Gasteiger partial charge in [-0.1, -0.05) is 18.2 Å². The predicted octanol–water partition coefficient (Wildman–Crippen LogP) is 3.14. The highest BCUT2D eigenvalue weighted by Crippen LogP contribution is 2.37. The number of benzene rings is 1. The quantitative estimate of drug-likeness (QED) is 0.909. The molecule has 2 rings (SSSR count). The van der Waals surface area contributed by atoms with E-state index in [2.05, 4.69) is 0 Å². The third kappa shape index (κ3) is 4.16. The van der Waals surface area contributed by atoms with E-state index in [-0.39, 0.29) is 24.1 Å². The first-order chi connectivity index (χ1) is 10.7. The molecule has 5 heteroatoms. The number of nitrogens with two attached hydrogens (primary N) is 1. The number of carbonyl (C=O) groups excluding carboxylic acids is 1. The van der Waals surface area contributed by atoms with Crippen LogP contribution in [0.15, 0.2) is 24.3 Å². The average Bonchev–Trinajstić information content (AvgIpc) is 2.47. The molecular weight excluding hydrogens is 292 g/mol. The first kappa shape index (κ1) is 17.6. The molecule has 0 aliphatic carbocycles. The van der Waals surface area contributed by atoms with Gasteiger partial charge in [0.25, 0.3) is 0 Å². The van der Waals surface area contributed by atoms with Gasteiger partial charge in [-0.15, -0.1) is 0 Å². The molecule has 0 bridgehead atoms. The van der Waals surface area contributed by atoms with Crippen molar-refractivity contribution >= 4 is 6.09 Å². The van der Waals surface area contributed by atoms with Crippen LogP contribution in [0.3, 0.4) is 0 Å². The summed E-state index contributed by atoms with van der Waals surface area (Å²) in [7, 11) is 1.66. The van der Waals surface area contributed by atoms with Gasteiger partial charge in [0.2, 0.25) is 0 Å². The van der Waals surface area contributed by atoms with Crippen LogP contribution < -0.4 is 10.5 Å². The van der Waals surface area contributed by atoms with Crippen LogP contribution in [0, 0.1) is 0 Å². The molecule has 1 aliphatic heterocycles. The molecule has 128 valence electrons. The Hall–Kier alpha value is -1.75. The van der Waals surface area contributed by atoms with Crippen LogP contribution in [0.5, 0.6) is 5.75 Å². The Balaban J connectivity index is 2.26. The van der Waals surface area contributed by atoms with E-state index in [9.17, 15) is 4.79 Å². The Kier molecular flexibility index (Phi) is 5.19. The largest absolute Gasteiger partial charge is 0.496 e. The van der Waals surface area contributed by atoms with Gasteiger partial charge in [-0.05, 0) is 45.7 Å². The molecule has 1 aromatic carbocycles. The van der Waals surface area contributed by atoms with Crippen molar-refractivity contribution in [3.63, 3.8) is 0 Å². The van der Waals surface area contributed by atoms with Gasteiger partial charge in [0.1, 0.15) is 11.4 Å². The molecule has 1 amide bonds. The average molecular weight is 320 g/mol. The zero-order chi connectivity index (χ0) is 17.2. The molecule has 1 heterocycles. The molecule has 0 radical (unpaired) electrons. The van der Waals surface area contributed by atoms with Crippen molar-refractivity contribution in [2.75, 3.05) is 13.7 Å². The topological polar surface area (TPSA) is 64.8 Å². The second kappa shape index (κ2) is 6.79. The first-order valence-corrected chi connectivity index (χ1v) is 8.11. The molecule has 0 aromatic heterocycles. The number of ether oxygens (including phenoxy) is 2. The zero-order valence-electron chi connectivity index (χ0n) is 14.7. The van der Waals surface area contributed by atoms with Gasteiger partial charge < -0.3 is 20.1 Å². The second-order valence-corrected chi connectivity index (χ2v) is 7.22. The summed E-state index contributed by atoms with van der Waals surface area (Å²) in [4.78, 5) is 14.3. The van der Waals surface area contributed by atoms with Gasteiger partial charge >= 0.3 is 6.09 Å². The Morgan fingerprint density at radius 2 is 1.96 bits per heavy atom. The standard InChI is InChI=1S/C18H28N2O3/c1-12-15(14-8-6-7-9-16(14)22-5)10-13(19)11-20(12)17(21)23-18(2,3)4/h6-9,12-13,15H,10-11,19H2,1-5H3. The summed E-state index contributed by atoms with van der Waals surface area (Å²) in [6.45, 7) is 8.18. The molecule has 1 aromatic rings. The molecule has 3 unspecified atom stereocenters. The van der Waals surface area contributed by atoms with Crippen molar-refractivity contribution in [2.24, 2.45) is 5.73 Å². The van der Waals surface area contributed by atoms with Crippen LogP contribution in [0.25, 0.3) is 0 Å². The number of carbonyl (C=O) groups is 1. The Morgan fingerprint density at radius 1 is 1.30 bits per heavy atom. The fourth-order valence-electron chi connectivity index (χ4n) is 3.15. The second-order valence-electron chi connectivity index (χ2n) is 7.22. The minimum absolute atomic E-state index is 0.000880. The van der Waals surface area contributed by atoms with Crippen molar-refractivity contribution < 1.29 is 14.3 Å². The van der Waals surface area contributed by atoms with E-state index in [0.29, 0.717) is 6.54 Å². The van der Waals surface area contributed by atoms with Crippen LogP contribution in [0.1, 0.15) is 45.6 Å². The van der Waals surface area contributed by atoms with E-state index < -0.39 is 5.60 Å². The highest BCUT2D eigenvalue weighted by Gasteiger charge is 2.38. The molecule has 0 saturated carbocycles. The van der Waals surface area contributed by atoms with Gasteiger partial charge in [-0.3, -0.25) is 0 Å². The lowest BCUT2D eigenvalue weighted by molar-refractivity contribution is 0.00641. The normalized spacial score (nSPS) is 25.1. The van der Waals surface area contributed by atoms with Crippen LogP contribution in [0.4, 0.5) is 4.79 Å². The number of methoxy groups -OCH3 is 1. The summed E-state index contributed by atoms with van der Waals surface area (Å²) in [6, 6.07) is 7.85. The third-order valence-corrected chi connectivity index (χ3v) is 4.23. The van der Waals surface area contributed by atoms with Crippen LogP contribution in [-0.4, -0.2) is 42.3 Å². The molecule has 1 fully saturated rings. The molecule has 5 nitrogen and oxygen atoms in total. The summed E-state index contributed by atoms with van der Waals surface area (Å²) in [5.41, 5.74) is 6.79. The van der Waals surface area contributed by atoms with Gasteiger partial charge in [-0.25, -0.2) is 4.79 Å². The highest BCUT2D eigenvalue weighted by molar-refractivity contribution is 5.69. The maximum atomic E-state index is 12.5. The lowest BCUT2D eigenvalue weighted by Gasteiger charge is -2.42. The van der Waals surface area contributed by atoms with Gasteiger partial charge in [0.05, 0.1) is 7.11 Å². The van der Waals surface area contributed by atoms with E-state index >= 15 is 0 Å². The van der Waals surface area contributed by atoms with Crippen LogP contribution in [-0.2, 0) is 4.74 Å². The molecular formula is C18H28N2O3. The van der Waals surface area contributed by atoms with Gasteiger partial charge in [0.15, 0.2) is 0 Å². The molecule has 2 N–H and O–H groups in total. The van der Waals surface area contributed by atoms with Crippen molar-refractivity contribution in [3.8, 4) is 5.75 Å². The van der Waals surface area contributed by atoms with Crippen molar-refractivity contribution in [3.05, 3.63) is 29.8 Å². The molecule has 1 saturated heterocycles. The number of piperidine rings is 1. The zero-order valence-corrected chi connectivity index (χ0v) is 14.7. The smallest absolute Gasteiger partial charge is 0.410 e. The first-order valence-electron chi connectivity index (χ1n) is 8.11. The van der Waals surface area contributed by atoms with E-state index in [0.717, 1.165) is 17.7 Å². The number of likely N-dealkylation sites (tertiary alicyclic amines) is 1. The number of para-hydroxylation sites is 1. The summed E-state index contributed by atoms with van der Waals surface area (Å²) in [6.07, 6.45) is 0.515. The van der Waals surface area contributed by atoms with Crippen molar-refractivity contribution in [1.82, 2.24) is 4.90 Å². The number of hydrogen-bond acceptors (Lipinski definition) is 4. The fraction of sp³-hybridized carbons (Fsp3) is 0.611. The number of nitrogens with zero attached hydrogens (tertiary/aromatic N) is 1. The van der Waals surface area contributed by atoms with E-state index in [1.807, 2.05) is 52.0 Å². The summed E-state index contributed by atoms with van der Waals surface area (Å²) >= 11 is 0. The number of rotatable bonds is 2. The van der Waals surface area contributed by atoms with Crippen molar-refractivity contribution in [1.29, 1.82) is 0 Å². The maximum absolute atomic E-state index is 12.5. The molecule has 0 spiro atoms. The lowest BCUT2D eigenvalue weighted by Crippen LogP contribution is -2.54. The van der Waals surface area contributed by atoms with E-state index in [4.69, 9.17) is 15.2 Å². The maximum Gasteiger partial charge on any atom is 0.410 e. The minimum atomic E-state index is -0.516. The number of amides is 1. The molecule has 23 heavy (non-hydrogen) atoms. The monoisotopic (exact) mass is 320 g/mol. The molecule has 1 aliphatic rings. The Labute approximate surface area is 138 Å². The highest BCUT2D eigenvalue weighted by atomic mass is 16.6. The summed E-state index contributed by atoms with van der Waals surface area (Å²) < 4.78 is 11.0. The minimum Gasteiger partial charge on any atom is -0.496 e. The van der Waals surface area contributed by atoms with Crippen LogP contribution >= 0.6 is 0 Å². The number of hydrogen-bond donors (Lipinski definition) is 1. The Morgan fingerprint density at radius 3 is 2.57 bits per heavy atom. The Bertz CT molecular complexity index is 553.